The number of amides is 1. The normalized spacial score (nSPS) is 10.4. The molecule has 23 heavy (non-hydrogen) atoms. The molecule has 0 radical (unpaired) electrons. The monoisotopic (exact) mass is 316 g/mol. The van der Waals surface area contributed by atoms with Crippen LogP contribution < -0.4 is 15.4 Å². The largest absolute Gasteiger partial charge is 0.495 e. The van der Waals surface area contributed by atoms with Crippen molar-refractivity contribution >= 4 is 11.6 Å². The molecule has 2 aromatic carbocycles. The first-order valence-electron chi connectivity index (χ1n) is 7.49. The number of ether oxygens (including phenoxy) is 1. The Kier molecular flexibility index (Phi) is 6.11. The maximum atomic E-state index is 13.5. The van der Waals surface area contributed by atoms with Gasteiger partial charge >= 0.3 is 0 Å². The molecule has 0 aromatic heterocycles. The van der Waals surface area contributed by atoms with Crippen LogP contribution in [0.25, 0.3) is 0 Å². The molecule has 2 rings (SSSR count). The standard InChI is InChI=1S/C18H21FN2O2/c1-13-7-8-17(23-2)16(11-13)21-18(22)12-20-10-9-14-5-3-4-6-15(14)19/h3-8,11,20H,9-10,12H2,1-2H3,(H,21,22). The van der Waals surface area contributed by atoms with Crippen LogP contribution >= 0.6 is 0 Å². The average molecular weight is 316 g/mol. The molecule has 4 nitrogen and oxygen atoms in total. The highest BCUT2D eigenvalue weighted by Gasteiger charge is 2.08. The zero-order valence-corrected chi connectivity index (χ0v) is 13.4. The Morgan fingerprint density at radius 1 is 1.22 bits per heavy atom. The molecular formula is C18H21FN2O2. The Morgan fingerprint density at radius 2 is 2.00 bits per heavy atom. The molecule has 2 aromatic rings. The fraction of sp³-hybridized carbons (Fsp3) is 0.278. The summed E-state index contributed by atoms with van der Waals surface area (Å²) in [4.78, 5) is 12.0. The minimum atomic E-state index is -0.219. The number of benzene rings is 2. The number of halogens is 1. The van der Waals surface area contributed by atoms with Crippen LogP contribution in [0.3, 0.4) is 0 Å². The van der Waals surface area contributed by atoms with E-state index in [4.69, 9.17) is 4.74 Å². The van der Waals surface area contributed by atoms with Crippen molar-refractivity contribution in [2.24, 2.45) is 0 Å². The maximum Gasteiger partial charge on any atom is 0.238 e. The van der Waals surface area contributed by atoms with Gasteiger partial charge in [0, 0.05) is 0 Å². The molecule has 2 N–H and O–H groups in total. The molecule has 5 heteroatoms. The molecule has 0 bridgehead atoms. The molecule has 0 saturated heterocycles. The van der Waals surface area contributed by atoms with Gasteiger partial charge < -0.3 is 15.4 Å². The van der Waals surface area contributed by atoms with Crippen molar-refractivity contribution in [3.63, 3.8) is 0 Å². The predicted octanol–water partition coefficient (Wildman–Crippen LogP) is 2.91. The van der Waals surface area contributed by atoms with Gasteiger partial charge in [-0.25, -0.2) is 4.39 Å². The van der Waals surface area contributed by atoms with Crippen LogP contribution in [0.5, 0.6) is 5.75 Å². The van der Waals surface area contributed by atoms with Crippen molar-refractivity contribution in [1.82, 2.24) is 5.32 Å². The molecule has 0 spiro atoms. The number of methoxy groups -OCH3 is 1. The third-order valence-corrected chi connectivity index (χ3v) is 3.44. The van der Waals surface area contributed by atoms with E-state index in [2.05, 4.69) is 10.6 Å². The van der Waals surface area contributed by atoms with E-state index in [0.717, 1.165) is 5.56 Å². The highest BCUT2D eigenvalue weighted by Crippen LogP contribution is 2.24. The second-order valence-corrected chi connectivity index (χ2v) is 5.27. The van der Waals surface area contributed by atoms with Gasteiger partial charge in [0.15, 0.2) is 0 Å². The number of carbonyl (C=O) groups is 1. The lowest BCUT2D eigenvalue weighted by Gasteiger charge is -2.11. The van der Waals surface area contributed by atoms with Gasteiger partial charge in [-0.3, -0.25) is 4.79 Å². The van der Waals surface area contributed by atoms with Gasteiger partial charge in [-0.15, -0.1) is 0 Å². The molecule has 1 amide bonds. The third-order valence-electron chi connectivity index (χ3n) is 3.44. The average Bonchev–Trinajstić information content (AvgIpc) is 2.53. The molecule has 0 aliphatic carbocycles. The molecule has 122 valence electrons. The smallest absolute Gasteiger partial charge is 0.238 e. The number of rotatable bonds is 7. The highest BCUT2D eigenvalue weighted by atomic mass is 19.1. The number of anilines is 1. The number of hydrogen-bond donors (Lipinski definition) is 2. The molecule has 0 atom stereocenters. The van der Waals surface area contributed by atoms with Crippen molar-refractivity contribution in [3.8, 4) is 5.75 Å². The van der Waals surface area contributed by atoms with Crippen LogP contribution in [0.4, 0.5) is 10.1 Å². The zero-order valence-electron chi connectivity index (χ0n) is 13.4. The fourth-order valence-electron chi connectivity index (χ4n) is 2.24. The summed E-state index contributed by atoms with van der Waals surface area (Å²) in [7, 11) is 1.56. The van der Waals surface area contributed by atoms with Crippen LogP contribution in [0.15, 0.2) is 42.5 Å². The van der Waals surface area contributed by atoms with Crippen LogP contribution in [0, 0.1) is 12.7 Å². The highest BCUT2D eigenvalue weighted by molar-refractivity contribution is 5.93. The van der Waals surface area contributed by atoms with E-state index >= 15 is 0 Å². The Labute approximate surface area is 135 Å². The molecule has 0 unspecified atom stereocenters. The number of hydrogen-bond acceptors (Lipinski definition) is 3. The van der Waals surface area contributed by atoms with E-state index in [1.54, 1.807) is 25.3 Å². The van der Waals surface area contributed by atoms with E-state index in [-0.39, 0.29) is 18.3 Å². The quantitative estimate of drug-likeness (QED) is 0.772. The Balaban J connectivity index is 1.80. The summed E-state index contributed by atoms with van der Waals surface area (Å²) < 4.78 is 18.7. The van der Waals surface area contributed by atoms with Crippen LogP contribution in [0.2, 0.25) is 0 Å². The van der Waals surface area contributed by atoms with Crippen LogP contribution in [-0.4, -0.2) is 26.1 Å². The number of aryl methyl sites for hydroxylation is 1. The summed E-state index contributed by atoms with van der Waals surface area (Å²) >= 11 is 0. The Morgan fingerprint density at radius 3 is 2.74 bits per heavy atom. The van der Waals surface area contributed by atoms with Gasteiger partial charge in [-0.2, -0.15) is 0 Å². The first kappa shape index (κ1) is 17.0. The minimum Gasteiger partial charge on any atom is -0.495 e. The summed E-state index contributed by atoms with van der Waals surface area (Å²) in [5.41, 5.74) is 2.32. The van der Waals surface area contributed by atoms with Crippen LogP contribution in [0.1, 0.15) is 11.1 Å². The van der Waals surface area contributed by atoms with Gasteiger partial charge in [0.25, 0.3) is 0 Å². The minimum absolute atomic E-state index is 0.158. The Hall–Kier alpha value is -2.40. The second-order valence-electron chi connectivity index (χ2n) is 5.27. The van der Waals surface area contributed by atoms with E-state index in [9.17, 15) is 9.18 Å². The van der Waals surface area contributed by atoms with E-state index in [1.165, 1.54) is 6.07 Å². The van der Waals surface area contributed by atoms with Crippen molar-refractivity contribution in [3.05, 3.63) is 59.4 Å². The third kappa shape index (κ3) is 5.07. The van der Waals surface area contributed by atoms with Gasteiger partial charge in [0.05, 0.1) is 19.3 Å². The van der Waals surface area contributed by atoms with Gasteiger partial charge in [-0.05, 0) is 49.2 Å². The molecule has 0 fully saturated rings. The summed E-state index contributed by atoms with van der Waals surface area (Å²) in [6, 6.07) is 12.2. The summed E-state index contributed by atoms with van der Waals surface area (Å²) in [6.45, 7) is 2.63. The second kappa shape index (κ2) is 8.29. The predicted molar refractivity (Wildman–Crippen MR) is 89.3 cm³/mol. The molecule has 0 aliphatic rings. The summed E-state index contributed by atoms with van der Waals surface area (Å²) in [5, 5.41) is 5.83. The maximum absolute atomic E-state index is 13.5. The van der Waals surface area contributed by atoms with Crippen molar-refractivity contribution in [2.75, 3.05) is 25.5 Å². The van der Waals surface area contributed by atoms with Crippen LogP contribution in [-0.2, 0) is 11.2 Å². The van der Waals surface area contributed by atoms with Gasteiger partial charge in [0.1, 0.15) is 11.6 Å². The number of nitrogens with one attached hydrogen (secondary N) is 2. The topological polar surface area (TPSA) is 50.4 Å². The summed E-state index contributed by atoms with van der Waals surface area (Å²) in [6.07, 6.45) is 0.535. The fourth-order valence-corrected chi connectivity index (χ4v) is 2.24. The molecule has 0 aliphatic heterocycles. The van der Waals surface area contributed by atoms with Gasteiger partial charge in [0.2, 0.25) is 5.91 Å². The van der Waals surface area contributed by atoms with Crippen molar-refractivity contribution in [1.29, 1.82) is 0 Å². The Bertz CT molecular complexity index is 674. The van der Waals surface area contributed by atoms with E-state index in [1.807, 2.05) is 25.1 Å². The first-order chi connectivity index (χ1) is 11.1. The SMILES string of the molecule is COc1ccc(C)cc1NC(=O)CNCCc1ccccc1F. The summed E-state index contributed by atoms with van der Waals surface area (Å²) in [5.74, 6) is 0.237. The lowest BCUT2D eigenvalue weighted by Crippen LogP contribution is -2.29. The first-order valence-corrected chi connectivity index (χ1v) is 7.49. The van der Waals surface area contributed by atoms with Gasteiger partial charge in [-0.1, -0.05) is 24.3 Å². The van der Waals surface area contributed by atoms with E-state index < -0.39 is 0 Å². The number of carbonyl (C=O) groups excluding carboxylic acids is 1. The zero-order chi connectivity index (χ0) is 16.7. The molecule has 0 saturated carbocycles. The van der Waals surface area contributed by atoms with Crippen molar-refractivity contribution < 1.29 is 13.9 Å². The van der Waals surface area contributed by atoms with Crippen molar-refractivity contribution in [2.45, 2.75) is 13.3 Å². The molecule has 0 heterocycles. The molecular weight excluding hydrogens is 295 g/mol. The lowest BCUT2D eigenvalue weighted by molar-refractivity contribution is -0.115. The lowest BCUT2D eigenvalue weighted by atomic mass is 10.1. The van der Waals surface area contributed by atoms with E-state index in [0.29, 0.717) is 30.0 Å².